The number of nitrogens with zero attached hydrogens (tertiary/aromatic N) is 1. The summed E-state index contributed by atoms with van der Waals surface area (Å²) in [5.41, 5.74) is 0. The van der Waals surface area contributed by atoms with Crippen LogP contribution in [0.5, 0.6) is 0 Å². The molecule has 0 aromatic carbocycles. The predicted molar refractivity (Wildman–Crippen MR) is 87.3 cm³/mol. The molecule has 21 heavy (non-hydrogen) atoms. The van der Waals surface area contributed by atoms with E-state index < -0.39 is 0 Å². The van der Waals surface area contributed by atoms with Gasteiger partial charge in [0, 0.05) is 23.9 Å². The molecule has 1 aliphatic heterocycles. The lowest BCUT2D eigenvalue weighted by molar-refractivity contribution is -0.132. The van der Waals surface area contributed by atoms with E-state index in [0.717, 1.165) is 18.9 Å². The fraction of sp³-hybridized carbons (Fsp3) is 0.947. The molecule has 0 spiro atoms. The summed E-state index contributed by atoms with van der Waals surface area (Å²) in [5, 5.41) is 0. The maximum absolute atomic E-state index is 13.1. The fourth-order valence-corrected chi connectivity index (χ4v) is 5.18. The van der Waals surface area contributed by atoms with Crippen molar-refractivity contribution in [2.45, 2.75) is 95.6 Å². The minimum Gasteiger partial charge on any atom is -0.300 e. The van der Waals surface area contributed by atoms with Gasteiger partial charge < -0.3 is 0 Å². The molecule has 0 amide bonds. The van der Waals surface area contributed by atoms with Gasteiger partial charge in [0.1, 0.15) is 5.78 Å². The monoisotopic (exact) mass is 291 g/mol. The molecule has 2 nitrogen and oxygen atoms in total. The summed E-state index contributed by atoms with van der Waals surface area (Å²) in [4.78, 5) is 15.8. The lowest BCUT2D eigenvalue weighted by Crippen LogP contribution is -2.50. The van der Waals surface area contributed by atoms with Crippen LogP contribution in [-0.4, -0.2) is 29.8 Å². The van der Waals surface area contributed by atoms with Crippen LogP contribution in [0.15, 0.2) is 0 Å². The first-order chi connectivity index (χ1) is 10.3. The van der Waals surface area contributed by atoms with E-state index in [1.807, 2.05) is 0 Å². The average Bonchev–Trinajstić information content (AvgIpc) is 2.56. The Morgan fingerprint density at radius 1 is 0.762 bits per heavy atom. The number of carbonyl (C=O) groups is 1. The van der Waals surface area contributed by atoms with Gasteiger partial charge in [-0.1, -0.05) is 44.9 Å². The minimum atomic E-state index is 0.348. The number of hydrogen-bond donors (Lipinski definition) is 0. The van der Waals surface area contributed by atoms with Crippen LogP contribution in [-0.2, 0) is 4.79 Å². The van der Waals surface area contributed by atoms with E-state index >= 15 is 0 Å². The molecule has 0 aromatic heterocycles. The lowest BCUT2D eigenvalue weighted by Gasteiger charge is -2.43. The number of Topliss-reactive ketones (excluding diaryl/α,β-unsaturated/α-hetero) is 1. The highest BCUT2D eigenvalue weighted by Gasteiger charge is 2.39. The van der Waals surface area contributed by atoms with E-state index in [4.69, 9.17) is 0 Å². The first-order valence-electron chi connectivity index (χ1n) is 9.53. The molecule has 2 aliphatic carbocycles. The number of hydrogen-bond acceptors (Lipinski definition) is 2. The molecule has 120 valence electrons. The van der Waals surface area contributed by atoms with E-state index in [0.29, 0.717) is 23.7 Å². The van der Waals surface area contributed by atoms with Crippen molar-refractivity contribution in [1.29, 1.82) is 0 Å². The molecule has 3 rings (SSSR count). The van der Waals surface area contributed by atoms with Crippen LogP contribution in [0.1, 0.15) is 83.5 Å². The fourth-order valence-electron chi connectivity index (χ4n) is 5.18. The highest BCUT2D eigenvalue weighted by atomic mass is 16.1. The SMILES string of the molecule is CN1C2CCCCCC(CC2)C(=O)C2CCCCCCC21. The van der Waals surface area contributed by atoms with Crippen molar-refractivity contribution in [1.82, 2.24) is 4.90 Å². The Morgan fingerprint density at radius 3 is 2.29 bits per heavy atom. The van der Waals surface area contributed by atoms with Gasteiger partial charge in [-0.25, -0.2) is 0 Å². The van der Waals surface area contributed by atoms with Crippen molar-refractivity contribution in [3.05, 3.63) is 0 Å². The van der Waals surface area contributed by atoms with Crippen molar-refractivity contribution in [3.8, 4) is 0 Å². The Labute approximate surface area is 130 Å². The van der Waals surface area contributed by atoms with Crippen molar-refractivity contribution in [3.63, 3.8) is 0 Å². The number of likely N-dealkylation sites (tertiary alicyclic amines) is 1. The van der Waals surface area contributed by atoms with E-state index in [2.05, 4.69) is 11.9 Å². The molecule has 1 heterocycles. The Balaban J connectivity index is 1.87. The molecule has 2 saturated carbocycles. The zero-order chi connectivity index (χ0) is 14.7. The second-order valence-electron chi connectivity index (χ2n) is 7.80. The second-order valence-corrected chi connectivity index (χ2v) is 7.80. The van der Waals surface area contributed by atoms with Gasteiger partial charge in [-0.2, -0.15) is 0 Å². The van der Waals surface area contributed by atoms with Crippen LogP contribution in [0.3, 0.4) is 0 Å². The highest BCUT2D eigenvalue weighted by Crippen LogP contribution is 2.37. The summed E-state index contributed by atoms with van der Waals surface area (Å²) in [5.74, 6) is 1.39. The van der Waals surface area contributed by atoms with E-state index in [1.165, 1.54) is 70.6 Å². The van der Waals surface area contributed by atoms with Gasteiger partial charge >= 0.3 is 0 Å². The van der Waals surface area contributed by atoms with Crippen molar-refractivity contribution in [2.24, 2.45) is 11.8 Å². The second kappa shape index (κ2) is 7.26. The van der Waals surface area contributed by atoms with Gasteiger partial charge in [-0.15, -0.1) is 0 Å². The van der Waals surface area contributed by atoms with Gasteiger partial charge in [0.25, 0.3) is 0 Å². The van der Waals surface area contributed by atoms with Crippen LogP contribution in [0.4, 0.5) is 0 Å². The third-order valence-corrected chi connectivity index (χ3v) is 6.53. The average molecular weight is 291 g/mol. The summed E-state index contributed by atoms with van der Waals surface area (Å²) in [6.45, 7) is 0. The molecule has 0 radical (unpaired) electrons. The smallest absolute Gasteiger partial charge is 0.140 e. The van der Waals surface area contributed by atoms with Crippen molar-refractivity contribution < 1.29 is 4.79 Å². The summed E-state index contributed by atoms with van der Waals surface area (Å²) in [6, 6.07) is 1.29. The zero-order valence-corrected chi connectivity index (χ0v) is 13.9. The standard InChI is InChI=1S/C19H33NO/c1-20-16-10-6-4-5-9-15(13-14-16)19(21)17-11-7-2-3-8-12-18(17)20/h15-18H,2-14H2,1H3. The highest BCUT2D eigenvalue weighted by molar-refractivity contribution is 5.84. The summed E-state index contributed by atoms with van der Waals surface area (Å²) in [7, 11) is 2.33. The molecule has 3 fully saturated rings. The van der Waals surface area contributed by atoms with Gasteiger partial charge in [-0.05, 0) is 45.6 Å². The Kier molecular flexibility index (Phi) is 5.37. The largest absolute Gasteiger partial charge is 0.300 e. The Bertz CT molecular complexity index is 353. The van der Waals surface area contributed by atoms with Crippen molar-refractivity contribution >= 4 is 5.78 Å². The molecule has 1 saturated heterocycles. The van der Waals surface area contributed by atoms with Crippen LogP contribution in [0, 0.1) is 11.8 Å². The zero-order valence-electron chi connectivity index (χ0n) is 13.9. The normalized spacial score (nSPS) is 40.0. The topological polar surface area (TPSA) is 20.3 Å². The Morgan fingerprint density at radius 2 is 1.43 bits per heavy atom. The molecule has 2 heteroatoms. The van der Waals surface area contributed by atoms with Crippen LogP contribution in [0.2, 0.25) is 0 Å². The van der Waals surface area contributed by atoms with Gasteiger partial charge in [-0.3, -0.25) is 9.69 Å². The molecule has 0 aromatic rings. The van der Waals surface area contributed by atoms with Crippen LogP contribution < -0.4 is 0 Å². The first-order valence-corrected chi connectivity index (χ1v) is 9.53. The summed E-state index contributed by atoms with van der Waals surface area (Å²) < 4.78 is 0. The third-order valence-electron chi connectivity index (χ3n) is 6.53. The van der Waals surface area contributed by atoms with Crippen LogP contribution >= 0.6 is 0 Å². The van der Waals surface area contributed by atoms with Crippen LogP contribution in [0.25, 0.3) is 0 Å². The Hall–Kier alpha value is -0.370. The number of rotatable bonds is 0. The maximum Gasteiger partial charge on any atom is 0.140 e. The maximum atomic E-state index is 13.1. The molecule has 0 N–H and O–H groups in total. The van der Waals surface area contributed by atoms with Gasteiger partial charge in [0.05, 0.1) is 0 Å². The van der Waals surface area contributed by atoms with E-state index in [1.54, 1.807) is 0 Å². The number of carbonyl (C=O) groups excluding carboxylic acids is 1. The van der Waals surface area contributed by atoms with Gasteiger partial charge in [0.15, 0.2) is 0 Å². The third kappa shape index (κ3) is 3.52. The predicted octanol–water partition coefficient (Wildman–Crippen LogP) is 4.57. The molecule has 3 aliphatic rings. The molecule has 4 unspecified atom stereocenters. The molecular weight excluding hydrogens is 258 g/mol. The molecule has 4 atom stereocenters. The van der Waals surface area contributed by atoms with Crippen molar-refractivity contribution in [2.75, 3.05) is 7.05 Å². The van der Waals surface area contributed by atoms with E-state index in [-0.39, 0.29) is 0 Å². The lowest BCUT2D eigenvalue weighted by atomic mass is 9.75. The summed E-state index contributed by atoms with van der Waals surface area (Å²) >= 11 is 0. The number of fused-ring (bicyclic) bond motifs is 4. The first kappa shape index (κ1) is 15.5. The van der Waals surface area contributed by atoms with Gasteiger partial charge in [0.2, 0.25) is 0 Å². The quantitative estimate of drug-likeness (QED) is 0.651. The van der Waals surface area contributed by atoms with E-state index in [9.17, 15) is 4.79 Å². The molecular formula is C19H33NO. The minimum absolute atomic E-state index is 0.348. The number of ketones is 1. The summed E-state index contributed by atoms with van der Waals surface area (Å²) in [6.07, 6.45) is 16.7. The molecule has 2 bridgehead atoms.